The Labute approximate surface area is 113 Å². The maximum absolute atomic E-state index is 5.72. The fourth-order valence-electron chi connectivity index (χ4n) is 2.67. The molecular formula is C15H21N3O. The third-order valence-electron chi connectivity index (χ3n) is 3.81. The Morgan fingerprint density at radius 3 is 3.05 bits per heavy atom. The van der Waals surface area contributed by atoms with Gasteiger partial charge in [-0.3, -0.25) is 0 Å². The van der Waals surface area contributed by atoms with E-state index in [0.717, 1.165) is 31.0 Å². The Morgan fingerprint density at radius 2 is 2.26 bits per heavy atom. The number of imidazole rings is 1. The van der Waals surface area contributed by atoms with Gasteiger partial charge in [0.25, 0.3) is 0 Å². The Kier molecular flexibility index (Phi) is 3.80. The molecule has 0 amide bonds. The highest BCUT2D eigenvalue weighted by Gasteiger charge is 2.13. The molecule has 1 fully saturated rings. The molecule has 19 heavy (non-hydrogen) atoms. The number of nitrogens with zero attached hydrogens (tertiary/aromatic N) is 2. The third kappa shape index (κ3) is 2.80. The van der Waals surface area contributed by atoms with Gasteiger partial charge in [-0.2, -0.15) is 0 Å². The largest absolute Gasteiger partial charge is 0.377 e. The molecule has 0 saturated carbocycles. The molecule has 1 aromatic heterocycles. The molecule has 1 saturated heterocycles. The monoisotopic (exact) mass is 259 g/mol. The van der Waals surface area contributed by atoms with Crippen LogP contribution in [0.4, 0.5) is 0 Å². The van der Waals surface area contributed by atoms with Gasteiger partial charge in [0.1, 0.15) is 5.82 Å². The zero-order valence-corrected chi connectivity index (χ0v) is 11.4. The maximum Gasteiger partial charge on any atom is 0.123 e. The van der Waals surface area contributed by atoms with Crippen LogP contribution in [-0.2, 0) is 18.3 Å². The van der Waals surface area contributed by atoms with Crippen molar-refractivity contribution in [1.29, 1.82) is 0 Å². The molecule has 1 aliphatic rings. The van der Waals surface area contributed by atoms with E-state index in [1.165, 1.54) is 24.8 Å². The predicted molar refractivity (Wildman–Crippen MR) is 76.0 cm³/mol. The second-order valence-corrected chi connectivity index (χ2v) is 5.20. The molecule has 1 N–H and O–H groups in total. The summed E-state index contributed by atoms with van der Waals surface area (Å²) in [4.78, 5) is 4.65. The number of rotatable bonds is 4. The summed E-state index contributed by atoms with van der Waals surface area (Å²) in [5.41, 5.74) is 2.25. The van der Waals surface area contributed by atoms with Crippen LogP contribution < -0.4 is 5.32 Å². The van der Waals surface area contributed by atoms with E-state index in [9.17, 15) is 0 Å². The minimum atomic E-state index is 0.378. The minimum absolute atomic E-state index is 0.378. The molecule has 3 rings (SSSR count). The van der Waals surface area contributed by atoms with E-state index in [-0.39, 0.29) is 0 Å². The SMILES string of the molecule is Cn1c(CNCC2CCCCO2)nc2ccccc21. The van der Waals surface area contributed by atoms with Crippen LogP contribution in [0.25, 0.3) is 11.0 Å². The van der Waals surface area contributed by atoms with Gasteiger partial charge in [-0.05, 0) is 31.4 Å². The molecule has 1 unspecified atom stereocenters. The molecule has 4 heteroatoms. The summed E-state index contributed by atoms with van der Waals surface area (Å²) in [6.07, 6.45) is 4.05. The lowest BCUT2D eigenvalue weighted by Crippen LogP contribution is -2.32. The number of hydrogen-bond acceptors (Lipinski definition) is 3. The first-order valence-electron chi connectivity index (χ1n) is 7.07. The topological polar surface area (TPSA) is 39.1 Å². The van der Waals surface area contributed by atoms with Crippen molar-refractivity contribution in [2.24, 2.45) is 7.05 Å². The Bertz CT molecular complexity index is 543. The number of hydrogen-bond donors (Lipinski definition) is 1. The lowest BCUT2D eigenvalue weighted by Gasteiger charge is -2.22. The summed E-state index contributed by atoms with van der Waals surface area (Å²) in [5.74, 6) is 1.08. The van der Waals surface area contributed by atoms with Gasteiger partial charge in [0, 0.05) is 20.2 Å². The number of para-hydroxylation sites is 2. The predicted octanol–water partition coefficient (Wildman–Crippen LogP) is 2.23. The van der Waals surface area contributed by atoms with Crippen molar-refractivity contribution in [2.45, 2.75) is 31.9 Å². The minimum Gasteiger partial charge on any atom is -0.377 e. The van der Waals surface area contributed by atoms with Crippen LogP contribution in [0.1, 0.15) is 25.1 Å². The van der Waals surface area contributed by atoms with E-state index in [1.54, 1.807) is 0 Å². The van der Waals surface area contributed by atoms with E-state index < -0.39 is 0 Å². The van der Waals surface area contributed by atoms with Gasteiger partial charge in [0.15, 0.2) is 0 Å². The molecule has 102 valence electrons. The number of nitrogens with one attached hydrogen (secondary N) is 1. The number of fused-ring (bicyclic) bond motifs is 1. The first-order valence-corrected chi connectivity index (χ1v) is 7.07. The quantitative estimate of drug-likeness (QED) is 0.915. The molecular weight excluding hydrogens is 238 g/mol. The van der Waals surface area contributed by atoms with Crippen molar-refractivity contribution in [3.05, 3.63) is 30.1 Å². The number of aromatic nitrogens is 2. The van der Waals surface area contributed by atoms with Gasteiger partial charge in [-0.25, -0.2) is 4.98 Å². The highest BCUT2D eigenvalue weighted by atomic mass is 16.5. The van der Waals surface area contributed by atoms with Crippen molar-refractivity contribution in [3.63, 3.8) is 0 Å². The van der Waals surface area contributed by atoms with Gasteiger partial charge in [-0.1, -0.05) is 12.1 Å². The average molecular weight is 259 g/mol. The van der Waals surface area contributed by atoms with Gasteiger partial charge in [-0.15, -0.1) is 0 Å². The van der Waals surface area contributed by atoms with Crippen LogP contribution in [0.3, 0.4) is 0 Å². The van der Waals surface area contributed by atoms with Crippen LogP contribution in [-0.4, -0.2) is 28.8 Å². The molecule has 0 aliphatic carbocycles. The Morgan fingerprint density at radius 1 is 1.37 bits per heavy atom. The summed E-state index contributed by atoms with van der Waals surface area (Å²) in [7, 11) is 2.07. The standard InChI is InChI=1S/C15H21N3O/c1-18-14-8-3-2-7-13(14)17-15(18)11-16-10-12-6-4-5-9-19-12/h2-3,7-8,12,16H,4-6,9-11H2,1H3. The summed E-state index contributed by atoms with van der Waals surface area (Å²) < 4.78 is 7.87. The molecule has 0 spiro atoms. The molecule has 1 aromatic carbocycles. The summed E-state index contributed by atoms with van der Waals surface area (Å²) in [5, 5.41) is 3.46. The lowest BCUT2D eigenvalue weighted by molar-refractivity contribution is 0.0167. The first-order chi connectivity index (χ1) is 9.34. The first kappa shape index (κ1) is 12.6. The number of aryl methyl sites for hydroxylation is 1. The van der Waals surface area contributed by atoms with E-state index in [1.807, 2.05) is 6.07 Å². The smallest absolute Gasteiger partial charge is 0.123 e. The van der Waals surface area contributed by atoms with Gasteiger partial charge in [0.05, 0.1) is 23.7 Å². The van der Waals surface area contributed by atoms with Crippen LogP contribution in [0, 0.1) is 0 Å². The zero-order valence-electron chi connectivity index (χ0n) is 11.4. The van der Waals surface area contributed by atoms with Crippen LogP contribution >= 0.6 is 0 Å². The molecule has 2 aromatic rings. The second kappa shape index (κ2) is 5.72. The van der Waals surface area contributed by atoms with Crippen molar-refractivity contribution in [3.8, 4) is 0 Å². The Hall–Kier alpha value is -1.39. The molecule has 0 bridgehead atoms. The van der Waals surface area contributed by atoms with Crippen molar-refractivity contribution < 1.29 is 4.74 Å². The normalized spacial score (nSPS) is 19.9. The fourth-order valence-corrected chi connectivity index (χ4v) is 2.67. The van der Waals surface area contributed by atoms with Crippen LogP contribution in [0.2, 0.25) is 0 Å². The van der Waals surface area contributed by atoms with Crippen LogP contribution in [0.5, 0.6) is 0 Å². The molecule has 0 radical (unpaired) electrons. The summed E-state index contributed by atoms with van der Waals surface area (Å²) in [6.45, 7) is 2.63. The maximum atomic E-state index is 5.72. The third-order valence-corrected chi connectivity index (χ3v) is 3.81. The van der Waals surface area contributed by atoms with E-state index >= 15 is 0 Å². The van der Waals surface area contributed by atoms with E-state index in [0.29, 0.717) is 6.10 Å². The molecule has 1 aliphatic heterocycles. The van der Waals surface area contributed by atoms with Gasteiger partial charge in [0.2, 0.25) is 0 Å². The highest BCUT2D eigenvalue weighted by Crippen LogP contribution is 2.14. The molecule has 4 nitrogen and oxygen atoms in total. The van der Waals surface area contributed by atoms with E-state index in [2.05, 4.69) is 40.1 Å². The highest BCUT2D eigenvalue weighted by molar-refractivity contribution is 5.75. The van der Waals surface area contributed by atoms with Crippen molar-refractivity contribution in [1.82, 2.24) is 14.9 Å². The zero-order chi connectivity index (χ0) is 13.1. The average Bonchev–Trinajstić information content (AvgIpc) is 2.78. The molecule has 2 heterocycles. The number of benzene rings is 1. The lowest BCUT2D eigenvalue weighted by atomic mass is 10.1. The molecule has 1 atom stereocenters. The Balaban J connectivity index is 1.60. The van der Waals surface area contributed by atoms with E-state index in [4.69, 9.17) is 4.74 Å². The van der Waals surface area contributed by atoms with Crippen molar-refractivity contribution in [2.75, 3.05) is 13.2 Å². The second-order valence-electron chi connectivity index (χ2n) is 5.20. The summed E-state index contributed by atoms with van der Waals surface area (Å²) >= 11 is 0. The van der Waals surface area contributed by atoms with Gasteiger partial charge >= 0.3 is 0 Å². The summed E-state index contributed by atoms with van der Waals surface area (Å²) in [6, 6.07) is 8.25. The van der Waals surface area contributed by atoms with Crippen LogP contribution in [0.15, 0.2) is 24.3 Å². The fraction of sp³-hybridized carbons (Fsp3) is 0.533. The van der Waals surface area contributed by atoms with Crippen molar-refractivity contribution >= 4 is 11.0 Å². The number of ether oxygens (including phenoxy) is 1. The van der Waals surface area contributed by atoms with Gasteiger partial charge < -0.3 is 14.6 Å².